The largest absolute Gasteiger partial charge is 0.380 e. The highest BCUT2D eigenvalue weighted by atomic mass is 32.1. The first-order valence-corrected chi connectivity index (χ1v) is 6.18. The minimum absolute atomic E-state index is 0.430. The standard InChI is InChI=1S/C11H18N2OS/c1-8-11(15-9(2)12-8)7-13-5-4-10(6-13)14-3/h10H,4-7H2,1-3H3/t10-/m0/s1. The van der Waals surface area contributed by atoms with Gasteiger partial charge in [0.1, 0.15) is 0 Å². The number of ether oxygens (including phenoxy) is 1. The smallest absolute Gasteiger partial charge is 0.0900 e. The summed E-state index contributed by atoms with van der Waals surface area (Å²) in [6, 6.07) is 0. The molecule has 0 amide bonds. The second-order valence-electron chi connectivity index (χ2n) is 4.12. The number of likely N-dealkylation sites (tertiary alicyclic amines) is 1. The van der Waals surface area contributed by atoms with Crippen molar-refractivity contribution in [2.75, 3.05) is 20.2 Å². The molecule has 0 aliphatic carbocycles. The number of nitrogens with zero attached hydrogens (tertiary/aromatic N) is 2. The number of methoxy groups -OCH3 is 1. The quantitative estimate of drug-likeness (QED) is 0.788. The van der Waals surface area contributed by atoms with Gasteiger partial charge in [-0.1, -0.05) is 0 Å². The van der Waals surface area contributed by atoms with Crippen LogP contribution in [0.4, 0.5) is 0 Å². The third kappa shape index (κ3) is 2.56. The Hall–Kier alpha value is -0.450. The Balaban J connectivity index is 1.95. The Bertz CT molecular complexity index is 337. The van der Waals surface area contributed by atoms with Crippen molar-refractivity contribution in [3.63, 3.8) is 0 Å². The van der Waals surface area contributed by atoms with Crippen molar-refractivity contribution in [1.82, 2.24) is 9.88 Å². The van der Waals surface area contributed by atoms with E-state index >= 15 is 0 Å². The summed E-state index contributed by atoms with van der Waals surface area (Å²) in [7, 11) is 1.80. The highest BCUT2D eigenvalue weighted by Gasteiger charge is 2.22. The van der Waals surface area contributed by atoms with Crippen molar-refractivity contribution in [2.45, 2.75) is 32.9 Å². The van der Waals surface area contributed by atoms with Crippen LogP contribution >= 0.6 is 11.3 Å². The lowest BCUT2D eigenvalue weighted by Crippen LogP contribution is -2.22. The lowest BCUT2D eigenvalue weighted by atomic mass is 10.3. The fraction of sp³-hybridized carbons (Fsp3) is 0.727. The maximum atomic E-state index is 5.36. The number of aromatic nitrogens is 1. The summed E-state index contributed by atoms with van der Waals surface area (Å²) in [4.78, 5) is 8.31. The molecule has 4 heteroatoms. The van der Waals surface area contributed by atoms with Crippen molar-refractivity contribution in [3.05, 3.63) is 15.6 Å². The summed E-state index contributed by atoms with van der Waals surface area (Å²) in [5, 5.41) is 1.17. The van der Waals surface area contributed by atoms with E-state index in [4.69, 9.17) is 4.74 Å². The molecule has 0 saturated carbocycles. The van der Waals surface area contributed by atoms with E-state index in [2.05, 4.69) is 23.7 Å². The molecular weight excluding hydrogens is 208 g/mol. The lowest BCUT2D eigenvalue weighted by molar-refractivity contribution is 0.107. The number of aryl methyl sites for hydroxylation is 2. The van der Waals surface area contributed by atoms with Gasteiger partial charge in [0.05, 0.1) is 16.8 Å². The minimum Gasteiger partial charge on any atom is -0.380 e. The molecule has 1 saturated heterocycles. The molecule has 84 valence electrons. The van der Waals surface area contributed by atoms with Gasteiger partial charge in [-0.25, -0.2) is 4.98 Å². The third-order valence-electron chi connectivity index (χ3n) is 2.93. The molecule has 1 aliphatic heterocycles. The summed E-state index contributed by atoms with van der Waals surface area (Å²) in [5.41, 5.74) is 1.19. The molecule has 1 aromatic heterocycles. The van der Waals surface area contributed by atoms with Crippen LogP contribution < -0.4 is 0 Å². The molecular formula is C11H18N2OS. The Morgan fingerprint density at radius 1 is 1.53 bits per heavy atom. The molecule has 0 N–H and O–H groups in total. The minimum atomic E-state index is 0.430. The van der Waals surface area contributed by atoms with Gasteiger partial charge in [0, 0.05) is 31.6 Å². The Labute approximate surface area is 95.1 Å². The lowest BCUT2D eigenvalue weighted by Gasteiger charge is -2.14. The molecule has 0 unspecified atom stereocenters. The van der Waals surface area contributed by atoms with Crippen molar-refractivity contribution in [1.29, 1.82) is 0 Å². The molecule has 15 heavy (non-hydrogen) atoms. The average molecular weight is 226 g/mol. The van der Waals surface area contributed by atoms with E-state index in [1.165, 1.54) is 15.6 Å². The second kappa shape index (κ2) is 4.60. The van der Waals surface area contributed by atoms with Crippen molar-refractivity contribution >= 4 is 11.3 Å². The van der Waals surface area contributed by atoms with E-state index in [1.54, 1.807) is 7.11 Å². The summed E-state index contributed by atoms with van der Waals surface area (Å²) >= 11 is 1.82. The van der Waals surface area contributed by atoms with E-state index in [-0.39, 0.29) is 0 Å². The average Bonchev–Trinajstić information content (AvgIpc) is 2.75. The number of hydrogen-bond acceptors (Lipinski definition) is 4. The zero-order valence-electron chi connectivity index (χ0n) is 9.62. The fourth-order valence-electron chi connectivity index (χ4n) is 2.06. The van der Waals surface area contributed by atoms with E-state index in [1.807, 2.05) is 11.3 Å². The predicted molar refractivity (Wildman–Crippen MR) is 62.3 cm³/mol. The maximum absolute atomic E-state index is 5.36. The van der Waals surface area contributed by atoms with Gasteiger partial charge >= 0.3 is 0 Å². The Kier molecular flexibility index (Phi) is 3.38. The van der Waals surface area contributed by atoms with Gasteiger partial charge in [0.2, 0.25) is 0 Å². The van der Waals surface area contributed by atoms with Gasteiger partial charge in [0.15, 0.2) is 0 Å². The zero-order valence-corrected chi connectivity index (χ0v) is 10.4. The highest BCUT2D eigenvalue weighted by Crippen LogP contribution is 2.22. The van der Waals surface area contributed by atoms with Gasteiger partial charge in [-0.05, 0) is 20.3 Å². The third-order valence-corrected chi connectivity index (χ3v) is 3.99. The molecule has 1 fully saturated rings. The summed E-state index contributed by atoms with van der Waals surface area (Å²) in [6.07, 6.45) is 1.59. The van der Waals surface area contributed by atoms with Crippen LogP contribution in [0.15, 0.2) is 0 Å². The van der Waals surface area contributed by atoms with Gasteiger partial charge in [-0.3, -0.25) is 4.90 Å². The molecule has 0 spiro atoms. The van der Waals surface area contributed by atoms with Crippen LogP contribution in [0.3, 0.4) is 0 Å². The summed E-state index contributed by atoms with van der Waals surface area (Å²) in [6.45, 7) is 7.42. The van der Waals surface area contributed by atoms with Crippen LogP contribution in [-0.2, 0) is 11.3 Å². The monoisotopic (exact) mass is 226 g/mol. The van der Waals surface area contributed by atoms with Crippen LogP contribution in [0.5, 0.6) is 0 Å². The highest BCUT2D eigenvalue weighted by molar-refractivity contribution is 7.11. The molecule has 3 nitrogen and oxygen atoms in total. The van der Waals surface area contributed by atoms with Gasteiger partial charge in [0.25, 0.3) is 0 Å². The summed E-state index contributed by atoms with van der Waals surface area (Å²) in [5.74, 6) is 0. The van der Waals surface area contributed by atoms with Crippen molar-refractivity contribution < 1.29 is 4.74 Å². The topological polar surface area (TPSA) is 25.4 Å². The van der Waals surface area contributed by atoms with E-state index in [9.17, 15) is 0 Å². The van der Waals surface area contributed by atoms with Crippen molar-refractivity contribution in [2.24, 2.45) is 0 Å². The van der Waals surface area contributed by atoms with Gasteiger partial charge in [-0.2, -0.15) is 0 Å². The first kappa shape index (κ1) is 11.0. The Morgan fingerprint density at radius 3 is 2.87 bits per heavy atom. The zero-order chi connectivity index (χ0) is 10.8. The molecule has 1 atom stereocenters. The maximum Gasteiger partial charge on any atom is 0.0900 e. The van der Waals surface area contributed by atoms with Crippen LogP contribution in [0.25, 0.3) is 0 Å². The summed E-state index contributed by atoms with van der Waals surface area (Å²) < 4.78 is 5.36. The molecule has 2 rings (SSSR count). The first-order valence-electron chi connectivity index (χ1n) is 5.37. The van der Waals surface area contributed by atoms with Gasteiger partial charge < -0.3 is 4.74 Å². The SMILES string of the molecule is CO[C@H]1CCN(Cc2sc(C)nc2C)C1. The molecule has 0 radical (unpaired) electrons. The normalized spacial score (nSPS) is 22.5. The predicted octanol–water partition coefficient (Wildman–Crippen LogP) is 1.98. The molecule has 0 bridgehead atoms. The first-order chi connectivity index (χ1) is 7.19. The van der Waals surface area contributed by atoms with Crippen LogP contribution in [0.2, 0.25) is 0 Å². The van der Waals surface area contributed by atoms with E-state index in [0.29, 0.717) is 6.10 Å². The van der Waals surface area contributed by atoms with Crippen LogP contribution in [-0.4, -0.2) is 36.2 Å². The molecule has 2 heterocycles. The fourth-order valence-corrected chi connectivity index (χ4v) is 3.04. The number of hydrogen-bond donors (Lipinski definition) is 0. The molecule has 1 aromatic rings. The second-order valence-corrected chi connectivity index (χ2v) is 5.41. The molecule has 0 aromatic carbocycles. The van der Waals surface area contributed by atoms with Gasteiger partial charge in [-0.15, -0.1) is 11.3 Å². The van der Waals surface area contributed by atoms with Crippen LogP contribution in [0, 0.1) is 13.8 Å². The van der Waals surface area contributed by atoms with E-state index in [0.717, 1.165) is 26.1 Å². The number of rotatable bonds is 3. The van der Waals surface area contributed by atoms with Crippen LogP contribution in [0.1, 0.15) is 22.0 Å². The molecule has 1 aliphatic rings. The number of thiazole rings is 1. The van der Waals surface area contributed by atoms with E-state index < -0.39 is 0 Å². The Morgan fingerprint density at radius 2 is 2.33 bits per heavy atom. The van der Waals surface area contributed by atoms with Crippen molar-refractivity contribution in [3.8, 4) is 0 Å².